The third kappa shape index (κ3) is 4.51. The molecular formula is C18H24ClN3O3. The van der Waals surface area contributed by atoms with E-state index in [1.165, 1.54) is 19.3 Å². The molecule has 3 rings (SSSR count). The first-order chi connectivity index (χ1) is 12.0. The zero-order valence-electron chi connectivity index (χ0n) is 14.6. The molecule has 1 aromatic heterocycles. The molecule has 6 nitrogen and oxygen atoms in total. The Morgan fingerprint density at radius 2 is 2.12 bits per heavy atom. The number of hydrogen-bond donors (Lipinski definition) is 1. The van der Waals surface area contributed by atoms with E-state index in [0.29, 0.717) is 29.7 Å². The Hall–Kier alpha value is -1.63. The van der Waals surface area contributed by atoms with Crippen molar-refractivity contribution in [3.63, 3.8) is 0 Å². The quantitative estimate of drug-likeness (QED) is 0.627. The van der Waals surface area contributed by atoms with E-state index in [0.717, 1.165) is 0 Å². The molecule has 1 saturated heterocycles. The van der Waals surface area contributed by atoms with Crippen molar-refractivity contribution < 1.29 is 14.4 Å². The number of nitrogens with zero attached hydrogens (tertiary/aromatic N) is 3. The normalized spacial score (nSPS) is 23.8. The molecule has 136 valence electrons. The van der Waals surface area contributed by atoms with Crippen LogP contribution in [0.3, 0.4) is 0 Å². The standard InChI is InChI=1S/C18H24ClN3O3/c1-12-6-5-7-13(2)22(12)10-14(23)11-24-21-17(19)18-20-15-8-3-4-9-16(15)25-18/h3-4,8-9,12-14,23H,5-7,10-11H2,1-2H3/b21-17-. The first kappa shape index (κ1) is 18.2. The van der Waals surface area contributed by atoms with E-state index in [2.05, 4.69) is 28.9 Å². The number of piperidine rings is 1. The van der Waals surface area contributed by atoms with Crippen LogP contribution in [-0.2, 0) is 4.84 Å². The van der Waals surface area contributed by atoms with Crippen molar-refractivity contribution in [2.45, 2.75) is 51.3 Å². The molecule has 1 aliphatic rings. The lowest BCUT2D eigenvalue weighted by molar-refractivity contribution is -0.00740. The van der Waals surface area contributed by atoms with E-state index in [-0.39, 0.29) is 17.7 Å². The van der Waals surface area contributed by atoms with Crippen molar-refractivity contribution in [2.75, 3.05) is 13.2 Å². The molecule has 0 bridgehead atoms. The summed E-state index contributed by atoms with van der Waals surface area (Å²) in [5.41, 5.74) is 1.35. The molecular weight excluding hydrogens is 342 g/mol. The highest BCUT2D eigenvalue weighted by atomic mass is 35.5. The lowest BCUT2D eigenvalue weighted by Crippen LogP contribution is -2.48. The predicted octanol–water partition coefficient (Wildman–Crippen LogP) is 3.37. The Kier molecular flexibility index (Phi) is 5.93. The average Bonchev–Trinajstić information content (AvgIpc) is 3.02. The maximum Gasteiger partial charge on any atom is 0.261 e. The van der Waals surface area contributed by atoms with Crippen LogP contribution in [0.1, 0.15) is 39.0 Å². The van der Waals surface area contributed by atoms with Gasteiger partial charge in [0.25, 0.3) is 5.89 Å². The van der Waals surface area contributed by atoms with Gasteiger partial charge < -0.3 is 14.4 Å². The minimum Gasteiger partial charge on any atom is -0.434 e. The van der Waals surface area contributed by atoms with Crippen LogP contribution in [-0.4, -0.2) is 51.5 Å². The second-order valence-electron chi connectivity index (χ2n) is 6.64. The highest BCUT2D eigenvalue weighted by Crippen LogP contribution is 2.22. The largest absolute Gasteiger partial charge is 0.434 e. The molecule has 0 amide bonds. The first-order valence-corrected chi connectivity index (χ1v) is 9.07. The number of aromatic nitrogens is 1. The molecule has 0 aliphatic carbocycles. The average molecular weight is 366 g/mol. The van der Waals surface area contributed by atoms with E-state index in [1.54, 1.807) is 0 Å². The van der Waals surface area contributed by atoms with Crippen LogP contribution in [0.25, 0.3) is 11.1 Å². The molecule has 25 heavy (non-hydrogen) atoms. The molecule has 1 aromatic carbocycles. The van der Waals surface area contributed by atoms with Gasteiger partial charge in [0.2, 0.25) is 5.17 Å². The fraction of sp³-hybridized carbons (Fsp3) is 0.556. The van der Waals surface area contributed by atoms with Crippen molar-refractivity contribution in [3.05, 3.63) is 30.2 Å². The molecule has 1 N–H and O–H groups in total. The number of fused-ring (bicyclic) bond motifs is 1. The molecule has 0 spiro atoms. The first-order valence-electron chi connectivity index (χ1n) is 8.70. The Bertz CT molecular complexity index is 690. The summed E-state index contributed by atoms with van der Waals surface area (Å²) in [5, 5.41) is 14.1. The van der Waals surface area contributed by atoms with Crippen molar-refractivity contribution in [1.29, 1.82) is 0 Å². The summed E-state index contributed by atoms with van der Waals surface area (Å²) >= 11 is 6.08. The number of oxazole rings is 1. The number of oxime groups is 1. The fourth-order valence-corrected chi connectivity index (χ4v) is 3.44. The highest BCUT2D eigenvalue weighted by Gasteiger charge is 2.26. The lowest BCUT2D eigenvalue weighted by atomic mass is 9.97. The zero-order chi connectivity index (χ0) is 17.8. The zero-order valence-corrected chi connectivity index (χ0v) is 15.3. The number of benzene rings is 1. The smallest absolute Gasteiger partial charge is 0.261 e. The topological polar surface area (TPSA) is 71.1 Å². The maximum atomic E-state index is 10.2. The molecule has 3 unspecified atom stereocenters. The van der Waals surface area contributed by atoms with Crippen LogP contribution in [0.5, 0.6) is 0 Å². The summed E-state index contributed by atoms with van der Waals surface area (Å²) in [6.07, 6.45) is 2.95. The second kappa shape index (κ2) is 8.17. The van der Waals surface area contributed by atoms with Gasteiger partial charge in [-0.1, -0.05) is 35.3 Å². The van der Waals surface area contributed by atoms with Gasteiger partial charge in [-0.15, -0.1) is 0 Å². The van der Waals surface area contributed by atoms with Gasteiger partial charge in [-0.2, -0.15) is 0 Å². The van der Waals surface area contributed by atoms with Gasteiger partial charge in [-0.25, -0.2) is 4.98 Å². The van der Waals surface area contributed by atoms with Crippen LogP contribution >= 0.6 is 11.6 Å². The van der Waals surface area contributed by atoms with Gasteiger partial charge >= 0.3 is 0 Å². The number of aliphatic hydroxyl groups excluding tert-OH is 1. The number of para-hydroxylation sites is 2. The number of hydrogen-bond acceptors (Lipinski definition) is 6. The Morgan fingerprint density at radius 1 is 1.40 bits per heavy atom. The van der Waals surface area contributed by atoms with Gasteiger partial charge in [0.05, 0.1) is 0 Å². The minimum atomic E-state index is -0.625. The molecule has 0 radical (unpaired) electrons. The van der Waals surface area contributed by atoms with Crippen LogP contribution in [0, 0.1) is 0 Å². The summed E-state index contributed by atoms with van der Waals surface area (Å²) in [5.74, 6) is 0.204. The summed E-state index contributed by atoms with van der Waals surface area (Å²) < 4.78 is 5.51. The minimum absolute atomic E-state index is 0.0307. The predicted molar refractivity (Wildman–Crippen MR) is 97.8 cm³/mol. The summed E-state index contributed by atoms with van der Waals surface area (Å²) in [6, 6.07) is 8.32. The SMILES string of the molecule is CC1CCCC(C)N1CC(O)CO/N=C(\Cl)c1nc2ccccc2o1. The van der Waals surface area contributed by atoms with E-state index >= 15 is 0 Å². The Balaban J connectivity index is 1.53. The molecule has 3 atom stereocenters. The Morgan fingerprint density at radius 3 is 2.84 bits per heavy atom. The summed E-state index contributed by atoms with van der Waals surface area (Å²) in [6.45, 7) is 5.04. The second-order valence-corrected chi connectivity index (χ2v) is 7.00. The molecule has 2 aromatic rings. The third-order valence-corrected chi connectivity index (χ3v) is 4.91. The monoisotopic (exact) mass is 365 g/mol. The van der Waals surface area contributed by atoms with E-state index < -0.39 is 6.10 Å². The van der Waals surface area contributed by atoms with Crippen molar-refractivity contribution in [1.82, 2.24) is 9.88 Å². The summed E-state index contributed by atoms with van der Waals surface area (Å²) in [7, 11) is 0. The van der Waals surface area contributed by atoms with Gasteiger partial charge in [-0.3, -0.25) is 4.90 Å². The molecule has 1 fully saturated rings. The lowest BCUT2D eigenvalue weighted by Gasteiger charge is -2.39. The number of aliphatic hydroxyl groups is 1. The molecule has 1 aliphatic heterocycles. The van der Waals surface area contributed by atoms with E-state index in [1.807, 2.05) is 24.3 Å². The number of likely N-dealkylation sites (tertiary alicyclic amines) is 1. The van der Waals surface area contributed by atoms with Gasteiger partial charge in [-0.05, 0) is 38.8 Å². The van der Waals surface area contributed by atoms with Crippen LogP contribution in [0.4, 0.5) is 0 Å². The van der Waals surface area contributed by atoms with E-state index in [4.69, 9.17) is 20.9 Å². The van der Waals surface area contributed by atoms with E-state index in [9.17, 15) is 5.11 Å². The van der Waals surface area contributed by atoms with Crippen LogP contribution in [0.2, 0.25) is 0 Å². The molecule has 7 heteroatoms. The van der Waals surface area contributed by atoms with Gasteiger partial charge in [0.15, 0.2) is 5.58 Å². The van der Waals surface area contributed by atoms with Crippen molar-refractivity contribution in [3.8, 4) is 0 Å². The number of β-amino-alcohol motifs (C(OH)–C–C–N with tert-alkyl or cyclic N) is 1. The Labute approximate surface area is 152 Å². The van der Waals surface area contributed by atoms with Crippen LogP contribution in [0.15, 0.2) is 33.8 Å². The molecule has 2 heterocycles. The van der Waals surface area contributed by atoms with Gasteiger partial charge in [0, 0.05) is 18.6 Å². The number of halogens is 1. The molecule has 0 saturated carbocycles. The fourth-order valence-electron chi connectivity index (χ4n) is 3.31. The van der Waals surface area contributed by atoms with Crippen molar-refractivity contribution >= 4 is 27.9 Å². The van der Waals surface area contributed by atoms with Crippen molar-refractivity contribution in [2.24, 2.45) is 5.16 Å². The van der Waals surface area contributed by atoms with Crippen LogP contribution < -0.4 is 0 Å². The number of rotatable bonds is 6. The highest BCUT2D eigenvalue weighted by molar-refractivity contribution is 6.68. The third-order valence-electron chi connectivity index (χ3n) is 4.68. The maximum absolute atomic E-state index is 10.2. The van der Waals surface area contributed by atoms with Gasteiger partial charge in [0.1, 0.15) is 18.2 Å². The summed E-state index contributed by atoms with van der Waals surface area (Å²) in [4.78, 5) is 11.8.